The lowest BCUT2D eigenvalue weighted by Gasteiger charge is -2.39. The van der Waals surface area contributed by atoms with Gasteiger partial charge in [-0.3, -0.25) is 4.99 Å². The number of hydrogen-bond acceptors (Lipinski definition) is 5. The SMILES string of the molecule is CCOc1ccc(CNC(=NC)N2CCS(=O)(=O)C(C)(C)C2)cc1OC.I. The van der Waals surface area contributed by atoms with Crippen LogP contribution < -0.4 is 14.8 Å². The van der Waals surface area contributed by atoms with Gasteiger partial charge in [-0.05, 0) is 38.5 Å². The van der Waals surface area contributed by atoms with Gasteiger partial charge in [0.05, 0.1) is 24.2 Å². The van der Waals surface area contributed by atoms with E-state index in [1.165, 1.54) is 0 Å². The molecule has 1 fully saturated rings. The van der Waals surface area contributed by atoms with Crippen LogP contribution in [0.4, 0.5) is 0 Å². The third kappa shape index (κ3) is 5.63. The monoisotopic (exact) mass is 511 g/mol. The molecule has 0 bridgehead atoms. The fraction of sp³-hybridized carbons (Fsp3) is 0.611. The summed E-state index contributed by atoms with van der Waals surface area (Å²) in [5.41, 5.74) is 1.02. The van der Waals surface area contributed by atoms with E-state index in [4.69, 9.17) is 9.47 Å². The maximum absolute atomic E-state index is 12.2. The molecule has 0 aliphatic carbocycles. The molecule has 27 heavy (non-hydrogen) atoms. The summed E-state index contributed by atoms with van der Waals surface area (Å²) < 4.78 is 34.5. The second-order valence-corrected chi connectivity index (χ2v) is 9.56. The molecule has 0 unspecified atom stereocenters. The van der Waals surface area contributed by atoms with Crippen LogP contribution in [0.15, 0.2) is 23.2 Å². The maximum atomic E-state index is 12.2. The van der Waals surface area contributed by atoms with Crippen molar-refractivity contribution in [3.8, 4) is 11.5 Å². The van der Waals surface area contributed by atoms with Crippen LogP contribution in [0.25, 0.3) is 0 Å². The summed E-state index contributed by atoms with van der Waals surface area (Å²) >= 11 is 0. The van der Waals surface area contributed by atoms with Crippen molar-refractivity contribution < 1.29 is 17.9 Å². The standard InChI is InChI=1S/C18H29N3O4S.HI/c1-6-25-15-8-7-14(11-16(15)24-5)12-20-17(19-4)21-9-10-26(22,23)18(2,3)13-21;/h7-8,11H,6,9-10,12-13H2,1-5H3,(H,19,20);1H. The minimum Gasteiger partial charge on any atom is -0.493 e. The highest BCUT2D eigenvalue weighted by Crippen LogP contribution is 2.28. The van der Waals surface area contributed by atoms with E-state index in [9.17, 15) is 8.42 Å². The van der Waals surface area contributed by atoms with Gasteiger partial charge in [-0.2, -0.15) is 0 Å². The summed E-state index contributed by atoms with van der Waals surface area (Å²) in [6.07, 6.45) is 0. The highest BCUT2D eigenvalue weighted by molar-refractivity contribution is 14.0. The van der Waals surface area contributed by atoms with E-state index in [0.717, 1.165) is 5.56 Å². The number of guanidine groups is 1. The Labute approximate surface area is 179 Å². The number of ether oxygens (including phenoxy) is 2. The molecular formula is C18H30IN3O4S. The molecule has 154 valence electrons. The first-order valence-electron chi connectivity index (χ1n) is 8.71. The zero-order valence-electron chi connectivity index (χ0n) is 16.6. The van der Waals surface area contributed by atoms with Crippen LogP contribution in [-0.2, 0) is 16.4 Å². The van der Waals surface area contributed by atoms with E-state index in [2.05, 4.69) is 10.3 Å². The first-order chi connectivity index (χ1) is 12.2. The Morgan fingerprint density at radius 1 is 1.33 bits per heavy atom. The van der Waals surface area contributed by atoms with Gasteiger partial charge in [0.25, 0.3) is 0 Å². The Balaban J connectivity index is 0.00000364. The van der Waals surface area contributed by atoms with Crippen LogP contribution in [0.3, 0.4) is 0 Å². The van der Waals surface area contributed by atoms with Gasteiger partial charge in [-0.1, -0.05) is 6.07 Å². The molecule has 0 amide bonds. The van der Waals surface area contributed by atoms with E-state index in [-0.39, 0.29) is 29.7 Å². The van der Waals surface area contributed by atoms with Crippen LogP contribution in [0.2, 0.25) is 0 Å². The van der Waals surface area contributed by atoms with E-state index < -0.39 is 14.6 Å². The summed E-state index contributed by atoms with van der Waals surface area (Å²) in [5, 5.41) is 3.31. The predicted octanol–water partition coefficient (Wildman–Crippen LogP) is 2.30. The number of sulfone groups is 1. The number of rotatable bonds is 5. The van der Waals surface area contributed by atoms with E-state index in [1.54, 1.807) is 28.0 Å². The van der Waals surface area contributed by atoms with Gasteiger partial charge >= 0.3 is 0 Å². The summed E-state index contributed by atoms with van der Waals surface area (Å²) in [5.74, 6) is 2.23. The quantitative estimate of drug-likeness (QED) is 0.372. The lowest BCUT2D eigenvalue weighted by Crippen LogP contribution is -2.57. The number of benzene rings is 1. The van der Waals surface area contributed by atoms with Crippen LogP contribution in [0, 0.1) is 0 Å². The van der Waals surface area contributed by atoms with Gasteiger partial charge in [0.15, 0.2) is 27.3 Å². The first kappa shape index (κ1) is 23.8. The molecule has 9 heteroatoms. The van der Waals surface area contributed by atoms with Crippen molar-refractivity contribution in [3.05, 3.63) is 23.8 Å². The van der Waals surface area contributed by atoms with Crippen molar-refractivity contribution in [2.45, 2.75) is 32.1 Å². The Morgan fingerprint density at radius 3 is 2.59 bits per heavy atom. The first-order valence-corrected chi connectivity index (χ1v) is 10.4. The normalized spacial score (nSPS) is 18.4. The molecule has 1 aliphatic rings. The van der Waals surface area contributed by atoms with Crippen molar-refractivity contribution in [2.24, 2.45) is 4.99 Å². The van der Waals surface area contributed by atoms with Crippen LogP contribution in [-0.4, -0.2) is 63.6 Å². The van der Waals surface area contributed by atoms with Crippen molar-refractivity contribution in [1.29, 1.82) is 0 Å². The fourth-order valence-electron chi connectivity index (χ4n) is 2.93. The summed E-state index contributed by atoms with van der Waals surface area (Å²) in [4.78, 5) is 6.30. The zero-order chi connectivity index (χ0) is 19.4. The highest BCUT2D eigenvalue weighted by Gasteiger charge is 2.40. The van der Waals surface area contributed by atoms with Crippen LogP contribution in [0.5, 0.6) is 11.5 Å². The molecule has 0 atom stereocenters. The number of hydrogen-bond donors (Lipinski definition) is 1. The molecule has 0 saturated carbocycles. The Hall–Kier alpha value is -1.23. The molecule has 1 aromatic rings. The molecule has 0 aromatic heterocycles. The average molecular weight is 511 g/mol. The van der Waals surface area contributed by atoms with E-state index >= 15 is 0 Å². The Morgan fingerprint density at radius 2 is 2.04 bits per heavy atom. The van der Waals surface area contributed by atoms with Gasteiger partial charge in [-0.25, -0.2) is 8.42 Å². The number of halogens is 1. The number of nitrogens with zero attached hydrogens (tertiary/aromatic N) is 2. The zero-order valence-corrected chi connectivity index (χ0v) is 19.8. The summed E-state index contributed by atoms with van der Waals surface area (Å²) in [6, 6.07) is 5.78. The van der Waals surface area contributed by atoms with Gasteiger partial charge in [-0.15, -0.1) is 24.0 Å². The Kier molecular flexibility index (Phi) is 8.65. The predicted molar refractivity (Wildman–Crippen MR) is 119 cm³/mol. The molecular weight excluding hydrogens is 481 g/mol. The molecule has 1 saturated heterocycles. The van der Waals surface area contributed by atoms with Gasteiger partial charge < -0.3 is 19.7 Å². The molecule has 0 radical (unpaired) electrons. The van der Waals surface area contributed by atoms with E-state index in [0.29, 0.717) is 43.7 Å². The molecule has 1 aromatic carbocycles. The third-order valence-corrected chi connectivity index (χ3v) is 7.07. The van der Waals surface area contributed by atoms with Crippen molar-refractivity contribution >= 4 is 39.8 Å². The van der Waals surface area contributed by atoms with Crippen molar-refractivity contribution in [2.75, 3.05) is 39.6 Å². The average Bonchev–Trinajstić information content (AvgIpc) is 2.59. The van der Waals surface area contributed by atoms with Crippen LogP contribution in [0.1, 0.15) is 26.3 Å². The van der Waals surface area contributed by atoms with Gasteiger partial charge in [0.1, 0.15) is 0 Å². The maximum Gasteiger partial charge on any atom is 0.193 e. The summed E-state index contributed by atoms with van der Waals surface area (Å²) in [6.45, 7) is 7.45. The van der Waals surface area contributed by atoms with Gasteiger partial charge in [0.2, 0.25) is 0 Å². The molecule has 2 rings (SSSR count). The highest BCUT2D eigenvalue weighted by atomic mass is 127. The number of aliphatic imine (C=N–C) groups is 1. The minimum absolute atomic E-state index is 0. The lowest BCUT2D eigenvalue weighted by molar-refractivity contribution is 0.310. The molecule has 1 heterocycles. The minimum atomic E-state index is -3.08. The van der Waals surface area contributed by atoms with E-state index in [1.807, 2.05) is 30.0 Å². The second kappa shape index (κ2) is 9.81. The molecule has 7 nitrogen and oxygen atoms in total. The topological polar surface area (TPSA) is 80.2 Å². The lowest BCUT2D eigenvalue weighted by atomic mass is 10.2. The number of methoxy groups -OCH3 is 1. The van der Waals surface area contributed by atoms with Crippen molar-refractivity contribution in [1.82, 2.24) is 10.2 Å². The second-order valence-electron chi connectivity index (χ2n) is 6.82. The number of nitrogens with one attached hydrogen (secondary N) is 1. The smallest absolute Gasteiger partial charge is 0.193 e. The molecule has 1 N–H and O–H groups in total. The third-order valence-electron chi connectivity index (χ3n) is 4.53. The molecule has 1 aliphatic heterocycles. The molecule has 0 spiro atoms. The van der Waals surface area contributed by atoms with Crippen LogP contribution >= 0.6 is 24.0 Å². The van der Waals surface area contributed by atoms with Crippen molar-refractivity contribution in [3.63, 3.8) is 0 Å². The summed E-state index contributed by atoms with van der Waals surface area (Å²) in [7, 11) is 0.244. The van der Waals surface area contributed by atoms with Gasteiger partial charge in [0, 0.05) is 26.7 Å². The fourth-order valence-corrected chi connectivity index (χ4v) is 4.30. The largest absolute Gasteiger partial charge is 0.493 e. The Bertz CT molecular complexity index is 766.